The highest BCUT2D eigenvalue weighted by molar-refractivity contribution is 5.94. The molecule has 1 aromatic carbocycles. The minimum atomic E-state index is -0.00533. The summed E-state index contributed by atoms with van der Waals surface area (Å²) < 4.78 is 0. The molecule has 0 aliphatic carbocycles. The summed E-state index contributed by atoms with van der Waals surface area (Å²) >= 11 is 0. The third-order valence-corrected chi connectivity index (χ3v) is 3.65. The molecule has 0 aromatic heterocycles. The number of amides is 1. The highest BCUT2D eigenvalue weighted by atomic mass is 16.2. The summed E-state index contributed by atoms with van der Waals surface area (Å²) in [5.41, 5.74) is 3.06. The molecule has 1 aromatic rings. The standard InChI is InChI=1S/C15H18N2O/c1-11-5-6-14(8-12(11)2)15(18)17-7-3-4-13(9-16)10-17/h5-6,8,13H,3-4,7,10H2,1-2H3. The van der Waals surface area contributed by atoms with Crippen LogP contribution in [-0.4, -0.2) is 23.9 Å². The molecule has 1 aliphatic heterocycles. The highest BCUT2D eigenvalue weighted by Gasteiger charge is 2.24. The molecule has 0 N–H and O–H groups in total. The van der Waals surface area contributed by atoms with Crippen molar-refractivity contribution >= 4 is 5.91 Å². The van der Waals surface area contributed by atoms with E-state index in [1.165, 1.54) is 5.56 Å². The maximum atomic E-state index is 12.3. The van der Waals surface area contributed by atoms with E-state index in [-0.39, 0.29) is 11.8 Å². The Kier molecular flexibility index (Phi) is 3.66. The number of piperidine rings is 1. The lowest BCUT2D eigenvalue weighted by atomic mass is 9.98. The minimum absolute atomic E-state index is 0.00533. The van der Waals surface area contributed by atoms with E-state index in [1.54, 1.807) is 0 Å². The fourth-order valence-electron chi connectivity index (χ4n) is 2.32. The van der Waals surface area contributed by atoms with Gasteiger partial charge in [-0.1, -0.05) is 6.07 Å². The van der Waals surface area contributed by atoms with Gasteiger partial charge in [0.25, 0.3) is 5.91 Å². The fourth-order valence-corrected chi connectivity index (χ4v) is 2.32. The van der Waals surface area contributed by atoms with Crippen molar-refractivity contribution in [1.82, 2.24) is 4.90 Å². The number of rotatable bonds is 1. The topological polar surface area (TPSA) is 44.1 Å². The maximum Gasteiger partial charge on any atom is 0.253 e. The molecule has 1 unspecified atom stereocenters. The molecule has 2 rings (SSSR count). The van der Waals surface area contributed by atoms with Crippen LogP contribution in [0, 0.1) is 31.1 Å². The molecule has 1 fully saturated rings. The van der Waals surface area contributed by atoms with Crippen molar-refractivity contribution in [3.8, 4) is 6.07 Å². The van der Waals surface area contributed by atoms with E-state index in [1.807, 2.05) is 36.9 Å². The number of aryl methyl sites for hydroxylation is 2. The van der Waals surface area contributed by atoms with Gasteiger partial charge in [0.15, 0.2) is 0 Å². The van der Waals surface area contributed by atoms with Crippen LogP contribution in [0.1, 0.15) is 34.3 Å². The van der Waals surface area contributed by atoms with E-state index in [0.717, 1.165) is 30.5 Å². The summed E-state index contributed by atoms with van der Waals surface area (Å²) in [6.45, 7) is 5.39. The molecule has 94 valence electrons. The van der Waals surface area contributed by atoms with Crippen LogP contribution in [0.4, 0.5) is 0 Å². The molecule has 0 spiro atoms. The van der Waals surface area contributed by atoms with E-state index in [2.05, 4.69) is 6.07 Å². The molecule has 1 heterocycles. The van der Waals surface area contributed by atoms with Gasteiger partial charge in [0.2, 0.25) is 0 Å². The molecule has 0 radical (unpaired) electrons. The largest absolute Gasteiger partial charge is 0.337 e. The highest BCUT2D eigenvalue weighted by Crippen LogP contribution is 2.19. The molecule has 0 saturated carbocycles. The molecule has 18 heavy (non-hydrogen) atoms. The number of carbonyl (C=O) groups excluding carboxylic acids is 1. The number of benzene rings is 1. The Morgan fingerprint density at radius 1 is 1.39 bits per heavy atom. The lowest BCUT2D eigenvalue weighted by Gasteiger charge is -2.29. The SMILES string of the molecule is Cc1ccc(C(=O)N2CCCC(C#N)C2)cc1C. The van der Waals surface area contributed by atoms with Crippen molar-refractivity contribution in [1.29, 1.82) is 5.26 Å². The zero-order chi connectivity index (χ0) is 13.1. The van der Waals surface area contributed by atoms with Gasteiger partial charge in [0.05, 0.1) is 12.0 Å². The fraction of sp³-hybridized carbons (Fsp3) is 0.467. The number of nitrogens with zero attached hydrogens (tertiary/aromatic N) is 2. The van der Waals surface area contributed by atoms with E-state index < -0.39 is 0 Å². The van der Waals surface area contributed by atoms with Crippen LogP contribution in [0.15, 0.2) is 18.2 Å². The molecule has 1 atom stereocenters. The summed E-state index contributed by atoms with van der Waals surface area (Å²) in [5.74, 6) is 0.0484. The quantitative estimate of drug-likeness (QED) is 0.760. The predicted molar refractivity (Wildman–Crippen MR) is 70.2 cm³/mol. The van der Waals surface area contributed by atoms with Crippen LogP contribution in [0.3, 0.4) is 0 Å². The van der Waals surface area contributed by atoms with Gasteiger partial charge in [-0.2, -0.15) is 5.26 Å². The smallest absolute Gasteiger partial charge is 0.253 e. The minimum Gasteiger partial charge on any atom is -0.337 e. The number of nitriles is 1. The van der Waals surface area contributed by atoms with Crippen molar-refractivity contribution in [3.63, 3.8) is 0 Å². The lowest BCUT2D eigenvalue weighted by molar-refractivity contribution is 0.0698. The Hall–Kier alpha value is -1.82. The number of hydrogen-bond donors (Lipinski definition) is 0. The Labute approximate surface area is 108 Å². The zero-order valence-electron chi connectivity index (χ0n) is 10.9. The lowest BCUT2D eigenvalue weighted by Crippen LogP contribution is -2.39. The molecule has 0 bridgehead atoms. The Morgan fingerprint density at radius 3 is 2.83 bits per heavy atom. The summed E-state index contributed by atoms with van der Waals surface area (Å²) in [4.78, 5) is 14.1. The van der Waals surface area contributed by atoms with E-state index >= 15 is 0 Å². The van der Waals surface area contributed by atoms with Gasteiger partial charge < -0.3 is 4.90 Å². The first-order valence-corrected chi connectivity index (χ1v) is 6.38. The van der Waals surface area contributed by atoms with Crippen LogP contribution in [0.5, 0.6) is 0 Å². The second-order valence-electron chi connectivity index (χ2n) is 5.02. The van der Waals surface area contributed by atoms with Crippen LogP contribution >= 0.6 is 0 Å². The van der Waals surface area contributed by atoms with E-state index in [9.17, 15) is 4.79 Å². The third kappa shape index (κ3) is 2.53. The van der Waals surface area contributed by atoms with Crippen LogP contribution < -0.4 is 0 Å². The van der Waals surface area contributed by atoms with E-state index in [4.69, 9.17) is 5.26 Å². The summed E-state index contributed by atoms with van der Waals surface area (Å²) in [5, 5.41) is 8.95. The predicted octanol–water partition coefficient (Wildman–Crippen LogP) is 2.68. The first kappa shape index (κ1) is 12.6. The van der Waals surface area contributed by atoms with Crippen molar-refractivity contribution in [3.05, 3.63) is 34.9 Å². The normalized spacial score (nSPS) is 19.4. The molecule has 1 amide bonds. The molecular weight excluding hydrogens is 224 g/mol. The molecular formula is C15H18N2O. The van der Waals surface area contributed by atoms with Crippen LogP contribution in [-0.2, 0) is 0 Å². The van der Waals surface area contributed by atoms with E-state index in [0.29, 0.717) is 6.54 Å². The van der Waals surface area contributed by atoms with Gasteiger partial charge in [-0.15, -0.1) is 0 Å². The van der Waals surface area contributed by atoms with Gasteiger partial charge in [0, 0.05) is 18.7 Å². The third-order valence-electron chi connectivity index (χ3n) is 3.65. The second kappa shape index (κ2) is 5.22. The Bertz CT molecular complexity index is 502. The van der Waals surface area contributed by atoms with Crippen molar-refractivity contribution in [2.24, 2.45) is 5.92 Å². The summed E-state index contributed by atoms with van der Waals surface area (Å²) in [6.07, 6.45) is 1.84. The molecule has 1 saturated heterocycles. The van der Waals surface area contributed by atoms with Crippen LogP contribution in [0.2, 0.25) is 0 Å². The summed E-state index contributed by atoms with van der Waals surface area (Å²) in [6, 6.07) is 8.06. The van der Waals surface area contributed by atoms with Gasteiger partial charge >= 0.3 is 0 Å². The second-order valence-corrected chi connectivity index (χ2v) is 5.02. The van der Waals surface area contributed by atoms with Crippen molar-refractivity contribution < 1.29 is 4.79 Å². The first-order valence-electron chi connectivity index (χ1n) is 6.38. The van der Waals surface area contributed by atoms with Crippen molar-refractivity contribution in [2.45, 2.75) is 26.7 Å². The monoisotopic (exact) mass is 242 g/mol. The Morgan fingerprint density at radius 2 is 2.17 bits per heavy atom. The zero-order valence-corrected chi connectivity index (χ0v) is 10.9. The van der Waals surface area contributed by atoms with Crippen LogP contribution in [0.25, 0.3) is 0 Å². The van der Waals surface area contributed by atoms with Gasteiger partial charge in [-0.05, 0) is 49.9 Å². The molecule has 1 aliphatic rings. The summed E-state index contributed by atoms with van der Waals surface area (Å²) in [7, 11) is 0. The maximum absolute atomic E-state index is 12.3. The van der Waals surface area contributed by atoms with Gasteiger partial charge in [-0.25, -0.2) is 0 Å². The first-order chi connectivity index (χ1) is 8.61. The average molecular weight is 242 g/mol. The number of carbonyl (C=O) groups is 1. The van der Waals surface area contributed by atoms with Gasteiger partial charge in [0.1, 0.15) is 0 Å². The molecule has 3 heteroatoms. The van der Waals surface area contributed by atoms with Gasteiger partial charge in [-0.3, -0.25) is 4.79 Å². The number of likely N-dealkylation sites (tertiary alicyclic amines) is 1. The molecule has 3 nitrogen and oxygen atoms in total. The average Bonchev–Trinajstić information content (AvgIpc) is 2.41. The van der Waals surface area contributed by atoms with Crippen molar-refractivity contribution in [2.75, 3.05) is 13.1 Å². The number of hydrogen-bond acceptors (Lipinski definition) is 2. The Balaban J connectivity index is 2.15.